The Bertz CT molecular complexity index is 1060. The molecule has 0 bridgehead atoms. The van der Waals surface area contributed by atoms with Crippen molar-refractivity contribution in [2.75, 3.05) is 20.6 Å². The third-order valence-corrected chi connectivity index (χ3v) is 7.31. The van der Waals surface area contributed by atoms with E-state index in [1.165, 1.54) is 49.3 Å². The van der Waals surface area contributed by atoms with E-state index in [0.717, 1.165) is 4.31 Å². The van der Waals surface area contributed by atoms with Gasteiger partial charge in [-0.2, -0.15) is 4.31 Å². The molecule has 0 unspecified atom stereocenters. The van der Waals surface area contributed by atoms with Gasteiger partial charge in [0, 0.05) is 35.7 Å². The molecule has 1 N–H and O–H groups in total. The molecule has 2 amide bonds. The van der Waals surface area contributed by atoms with E-state index >= 15 is 0 Å². The standard InChI is InChI=1S/C20H22Cl3N3O4S/c1-13(20(28)24-2)26(11-14-4-5-16(22)10-18(14)23)19(27)12-25(3)31(29,30)17-8-6-15(21)7-9-17/h4-10,13H,11-12H2,1-3H3,(H,24,28)/t13-/m1/s1. The molecule has 0 aliphatic heterocycles. The van der Waals surface area contributed by atoms with Crippen LogP contribution in [-0.4, -0.2) is 56.1 Å². The average molecular weight is 507 g/mol. The van der Waals surface area contributed by atoms with Crippen LogP contribution in [0.4, 0.5) is 0 Å². The number of hydrogen-bond donors (Lipinski definition) is 1. The van der Waals surface area contributed by atoms with Crippen LogP contribution in [0.1, 0.15) is 12.5 Å². The van der Waals surface area contributed by atoms with Crippen LogP contribution in [0, 0.1) is 0 Å². The van der Waals surface area contributed by atoms with Gasteiger partial charge in [0.2, 0.25) is 21.8 Å². The van der Waals surface area contributed by atoms with Gasteiger partial charge in [-0.1, -0.05) is 40.9 Å². The molecular weight excluding hydrogens is 485 g/mol. The van der Waals surface area contributed by atoms with Gasteiger partial charge in [0.15, 0.2) is 0 Å². The van der Waals surface area contributed by atoms with Crippen LogP contribution in [-0.2, 0) is 26.2 Å². The van der Waals surface area contributed by atoms with Crippen molar-refractivity contribution in [3.8, 4) is 0 Å². The number of nitrogens with one attached hydrogen (secondary N) is 1. The Balaban J connectivity index is 2.29. The molecule has 0 heterocycles. The van der Waals surface area contributed by atoms with Crippen molar-refractivity contribution in [2.24, 2.45) is 0 Å². The van der Waals surface area contributed by atoms with Crippen LogP contribution in [0.3, 0.4) is 0 Å². The SMILES string of the molecule is CNC(=O)[C@@H](C)N(Cc1ccc(Cl)cc1Cl)C(=O)CN(C)S(=O)(=O)c1ccc(Cl)cc1. The van der Waals surface area contributed by atoms with E-state index in [2.05, 4.69) is 5.32 Å². The lowest BCUT2D eigenvalue weighted by atomic mass is 10.1. The summed E-state index contributed by atoms with van der Waals surface area (Å²) in [5, 5.41) is 3.65. The third kappa shape index (κ3) is 6.33. The molecule has 7 nitrogen and oxygen atoms in total. The first kappa shape index (κ1) is 25.4. The topological polar surface area (TPSA) is 86.8 Å². The maximum Gasteiger partial charge on any atom is 0.243 e. The number of amides is 2. The van der Waals surface area contributed by atoms with Gasteiger partial charge in [-0.3, -0.25) is 9.59 Å². The number of carbonyl (C=O) groups is 2. The molecule has 0 radical (unpaired) electrons. The fourth-order valence-corrected chi connectivity index (χ4v) is 4.49. The van der Waals surface area contributed by atoms with Crippen molar-refractivity contribution in [1.82, 2.24) is 14.5 Å². The molecule has 31 heavy (non-hydrogen) atoms. The minimum Gasteiger partial charge on any atom is -0.357 e. The predicted octanol–water partition coefficient (Wildman–Crippen LogP) is 3.43. The first-order chi connectivity index (χ1) is 14.5. The molecule has 2 rings (SSSR count). The normalized spacial score (nSPS) is 12.5. The summed E-state index contributed by atoms with van der Waals surface area (Å²) in [6.45, 7) is 1.07. The summed E-state index contributed by atoms with van der Waals surface area (Å²) in [6, 6.07) is 9.55. The Morgan fingerprint density at radius 3 is 2.16 bits per heavy atom. The van der Waals surface area contributed by atoms with Gasteiger partial charge in [0.1, 0.15) is 6.04 Å². The van der Waals surface area contributed by atoms with Crippen molar-refractivity contribution in [2.45, 2.75) is 24.4 Å². The molecule has 0 aromatic heterocycles. The lowest BCUT2D eigenvalue weighted by molar-refractivity contribution is -0.140. The van der Waals surface area contributed by atoms with Gasteiger partial charge in [0.05, 0.1) is 11.4 Å². The zero-order valence-corrected chi connectivity index (χ0v) is 20.2. The van der Waals surface area contributed by atoms with Crippen LogP contribution in [0.15, 0.2) is 47.4 Å². The Morgan fingerprint density at radius 2 is 1.61 bits per heavy atom. The van der Waals surface area contributed by atoms with Gasteiger partial charge in [-0.05, 0) is 48.9 Å². The van der Waals surface area contributed by atoms with E-state index in [1.54, 1.807) is 19.1 Å². The maximum atomic E-state index is 13.1. The van der Waals surface area contributed by atoms with E-state index in [0.29, 0.717) is 20.6 Å². The second kappa shape index (κ2) is 10.7. The molecule has 0 saturated heterocycles. The second-order valence-electron chi connectivity index (χ2n) is 6.76. The van der Waals surface area contributed by atoms with E-state index < -0.39 is 34.4 Å². The summed E-state index contributed by atoms with van der Waals surface area (Å²) in [5.74, 6) is -0.969. The van der Waals surface area contributed by atoms with Crippen LogP contribution in [0.2, 0.25) is 15.1 Å². The molecule has 168 valence electrons. The van der Waals surface area contributed by atoms with Gasteiger partial charge in [-0.25, -0.2) is 8.42 Å². The Labute approximate surface area is 196 Å². The van der Waals surface area contributed by atoms with Gasteiger partial charge in [-0.15, -0.1) is 0 Å². The van der Waals surface area contributed by atoms with Crippen molar-refractivity contribution in [3.63, 3.8) is 0 Å². The van der Waals surface area contributed by atoms with Crippen LogP contribution in [0.5, 0.6) is 0 Å². The quantitative estimate of drug-likeness (QED) is 0.594. The van der Waals surface area contributed by atoms with E-state index in [1.807, 2.05) is 0 Å². The number of hydrogen-bond acceptors (Lipinski definition) is 4. The summed E-state index contributed by atoms with van der Waals surface area (Å²) < 4.78 is 26.5. The fraction of sp³-hybridized carbons (Fsp3) is 0.300. The number of nitrogens with zero attached hydrogens (tertiary/aromatic N) is 2. The molecule has 2 aromatic rings. The molecule has 2 aromatic carbocycles. The summed E-state index contributed by atoms with van der Waals surface area (Å²) in [4.78, 5) is 26.6. The monoisotopic (exact) mass is 505 g/mol. The minimum absolute atomic E-state index is 0.00107. The highest BCUT2D eigenvalue weighted by Gasteiger charge is 2.30. The molecule has 0 aliphatic rings. The average Bonchev–Trinajstić information content (AvgIpc) is 2.72. The Morgan fingerprint density at radius 1 is 1.03 bits per heavy atom. The minimum atomic E-state index is -3.94. The summed E-state index contributed by atoms with van der Waals surface area (Å²) in [5.41, 5.74) is 0.568. The second-order valence-corrected chi connectivity index (χ2v) is 10.1. The van der Waals surface area contributed by atoms with Crippen LogP contribution < -0.4 is 5.32 Å². The molecule has 11 heteroatoms. The van der Waals surface area contributed by atoms with E-state index in [-0.39, 0.29) is 11.4 Å². The lowest BCUT2D eigenvalue weighted by Crippen LogP contribution is -2.50. The predicted molar refractivity (Wildman–Crippen MR) is 122 cm³/mol. The number of benzene rings is 2. The number of sulfonamides is 1. The highest BCUT2D eigenvalue weighted by Crippen LogP contribution is 2.24. The van der Waals surface area contributed by atoms with Crippen molar-refractivity contribution < 1.29 is 18.0 Å². The zero-order chi connectivity index (χ0) is 23.3. The Hall–Kier alpha value is -1.84. The molecular formula is C20H22Cl3N3O4S. The van der Waals surface area contributed by atoms with Crippen molar-refractivity contribution in [1.29, 1.82) is 0 Å². The number of halogens is 3. The number of likely N-dealkylation sites (N-methyl/N-ethyl adjacent to an activating group) is 2. The fourth-order valence-electron chi connectivity index (χ4n) is 2.78. The van der Waals surface area contributed by atoms with Crippen molar-refractivity contribution >= 4 is 56.6 Å². The van der Waals surface area contributed by atoms with Gasteiger partial charge < -0.3 is 10.2 Å². The van der Waals surface area contributed by atoms with Gasteiger partial charge >= 0.3 is 0 Å². The van der Waals surface area contributed by atoms with Gasteiger partial charge in [0.25, 0.3) is 0 Å². The first-order valence-corrected chi connectivity index (χ1v) is 11.7. The summed E-state index contributed by atoms with van der Waals surface area (Å²) >= 11 is 18.0. The smallest absolute Gasteiger partial charge is 0.243 e. The molecule has 0 saturated carbocycles. The summed E-state index contributed by atoms with van der Waals surface area (Å²) in [7, 11) is -1.20. The highest BCUT2D eigenvalue weighted by atomic mass is 35.5. The number of rotatable bonds is 8. The molecule has 0 aliphatic carbocycles. The van der Waals surface area contributed by atoms with E-state index in [4.69, 9.17) is 34.8 Å². The van der Waals surface area contributed by atoms with Crippen LogP contribution >= 0.6 is 34.8 Å². The molecule has 1 atom stereocenters. The molecule has 0 fully saturated rings. The molecule has 0 spiro atoms. The largest absolute Gasteiger partial charge is 0.357 e. The summed E-state index contributed by atoms with van der Waals surface area (Å²) in [6.07, 6.45) is 0. The van der Waals surface area contributed by atoms with E-state index in [9.17, 15) is 18.0 Å². The maximum absolute atomic E-state index is 13.1. The number of carbonyl (C=O) groups excluding carboxylic acids is 2. The highest BCUT2D eigenvalue weighted by molar-refractivity contribution is 7.89. The first-order valence-electron chi connectivity index (χ1n) is 9.14. The lowest BCUT2D eigenvalue weighted by Gasteiger charge is -2.30. The van der Waals surface area contributed by atoms with Crippen molar-refractivity contribution in [3.05, 3.63) is 63.1 Å². The van der Waals surface area contributed by atoms with Crippen LogP contribution in [0.25, 0.3) is 0 Å². The Kier molecular flexibility index (Phi) is 8.73. The third-order valence-electron chi connectivity index (χ3n) is 4.65. The zero-order valence-electron chi connectivity index (χ0n) is 17.1.